The molecule has 0 atom stereocenters. The van der Waals surface area contributed by atoms with E-state index in [1.165, 1.54) is 12.1 Å². The molecule has 0 N–H and O–H groups in total. The van der Waals surface area contributed by atoms with Gasteiger partial charge in [-0.15, -0.1) is 0 Å². The Morgan fingerprint density at radius 3 is 1.46 bits per heavy atom. The van der Waals surface area contributed by atoms with Crippen LogP contribution in [-0.4, -0.2) is 14.4 Å². The highest BCUT2D eigenvalue weighted by atomic mass is 16.6. The maximum Gasteiger partial charge on any atom is 0.278 e. The van der Waals surface area contributed by atoms with Crippen LogP contribution in [0.15, 0.2) is 60.7 Å². The molecule has 0 aliphatic heterocycles. The molecule has 0 saturated heterocycles. The first-order chi connectivity index (χ1) is 11.5. The van der Waals surface area contributed by atoms with Gasteiger partial charge in [0.25, 0.3) is 11.4 Å². The van der Waals surface area contributed by atoms with Crippen molar-refractivity contribution in [2.45, 2.75) is 0 Å². The number of nitro groups is 2. The zero-order valence-corrected chi connectivity index (χ0v) is 12.7. The minimum absolute atomic E-state index is 0.00666. The zero-order valence-electron chi connectivity index (χ0n) is 12.7. The lowest BCUT2D eigenvalue weighted by Gasteiger charge is -2.09. The number of benzene rings is 2. The molecule has 0 radical (unpaired) electrons. The van der Waals surface area contributed by atoms with Crippen molar-refractivity contribution >= 4 is 11.4 Å². The average Bonchev–Trinajstić information content (AvgIpc) is 2.96. The first-order valence-electron chi connectivity index (χ1n) is 7.14. The first kappa shape index (κ1) is 15.4. The molecule has 0 bridgehead atoms. The molecular formula is C17H13N3O4. The van der Waals surface area contributed by atoms with Crippen LogP contribution in [0.3, 0.4) is 0 Å². The zero-order chi connectivity index (χ0) is 17.3. The molecule has 0 fully saturated rings. The van der Waals surface area contributed by atoms with Crippen LogP contribution in [0.1, 0.15) is 0 Å². The lowest BCUT2D eigenvalue weighted by Crippen LogP contribution is -1.99. The molecule has 3 aromatic rings. The largest absolute Gasteiger partial charge is 0.343 e. The normalized spacial score (nSPS) is 10.5. The third kappa shape index (κ3) is 2.52. The van der Waals surface area contributed by atoms with E-state index in [-0.39, 0.29) is 11.4 Å². The van der Waals surface area contributed by atoms with E-state index >= 15 is 0 Å². The third-order valence-electron chi connectivity index (χ3n) is 3.88. The molecule has 7 heteroatoms. The Morgan fingerprint density at radius 2 is 1.08 bits per heavy atom. The average molecular weight is 323 g/mol. The van der Waals surface area contributed by atoms with Crippen LogP contribution in [-0.2, 0) is 7.05 Å². The van der Waals surface area contributed by atoms with Crippen LogP contribution in [0.4, 0.5) is 11.4 Å². The molecule has 0 spiro atoms. The number of aromatic nitrogens is 1. The molecule has 1 heterocycles. The van der Waals surface area contributed by atoms with Crippen LogP contribution >= 0.6 is 0 Å². The monoisotopic (exact) mass is 323 g/mol. The molecule has 0 unspecified atom stereocenters. The lowest BCUT2D eigenvalue weighted by molar-refractivity contribution is -0.384. The Hall–Kier alpha value is -3.48. The van der Waals surface area contributed by atoms with Gasteiger partial charge in [0, 0.05) is 19.2 Å². The Kier molecular flexibility index (Phi) is 3.83. The highest BCUT2D eigenvalue weighted by Gasteiger charge is 2.21. The van der Waals surface area contributed by atoms with Gasteiger partial charge in [0.05, 0.1) is 32.4 Å². The van der Waals surface area contributed by atoms with Crippen LogP contribution in [0.5, 0.6) is 0 Å². The fourth-order valence-electron chi connectivity index (χ4n) is 2.75. The maximum absolute atomic E-state index is 11.2. The summed E-state index contributed by atoms with van der Waals surface area (Å²) < 4.78 is 1.73. The minimum atomic E-state index is -0.438. The number of para-hydroxylation sites is 2. The van der Waals surface area contributed by atoms with Gasteiger partial charge < -0.3 is 4.57 Å². The number of hydrogen-bond acceptors (Lipinski definition) is 4. The molecule has 120 valence electrons. The fraction of sp³-hybridized carbons (Fsp3) is 0.0588. The van der Waals surface area contributed by atoms with E-state index < -0.39 is 9.85 Å². The summed E-state index contributed by atoms with van der Waals surface area (Å²) in [6.45, 7) is 0. The molecule has 2 aromatic carbocycles. The van der Waals surface area contributed by atoms with Gasteiger partial charge >= 0.3 is 0 Å². The quantitative estimate of drug-likeness (QED) is 0.532. The van der Waals surface area contributed by atoms with Gasteiger partial charge in [0.2, 0.25) is 0 Å². The fourth-order valence-corrected chi connectivity index (χ4v) is 2.75. The van der Waals surface area contributed by atoms with Gasteiger partial charge in [0.15, 0.2) is 0 Å². The summed E-state index contributed by atoms with van der Waals surface area (Å²) in [7, 11) is 1.73. The van der Waals surface area contributed by atoms with Gasteiger partial charge in [-0.05, 0) is 24.3 Å². The summed E-state index contributed by atoms with van der Waals surface area (Å²) in [5.74, 6) is 0. The summed E-state index contributed by atoms with van der Waals surface area (Å²) >= 11 is 0. The molecule has 0 saturated carbocycles. The lowest BCUT2D eigenvalue weighted by atomic mass is 10.1. The number of hydrogen-bond donors (Lipinski definition) is 0. The second kappa shape index (κ2) is 5.96. The van der Waals surface area contributed by atoms with Crippen LogP contribution in [0, 0.1) is 20.2 Å². The molecular weight excluding hydrogens is 310 g/mol. The van der Waals surface area contributed by atoms with Gasteiger partial charge in [-0.25, -0.2) is 0 Å². The molecule has 0 aliphatic rings. The Bertz CT molecular complexity index is 872. The van der Waals surface area contributed by atoms with Gasteiger partial charge in [-0.3, -0.25) is 20.2 Å². The van der Waals surface area contributed by atoms with Crippen molar-refractivity contribution in [2.75, 3.05) is 0 Å². The van der Waals surface area contributed by atoms with E-state index in [2.05, 4.69) is 0 Å². The molecule has 1 aromatic heterocycles. The van der Waals surface area contributed by atoms with Crippen molar-refractivity contribution in [2.24, 2.45) is 7.05 Å². The number of rotatable bonds is 4. The highest BCUT2D eigenvalue weighted by Crippen LogP contribution is 2.36. The number of nitrogens with zero attached hydrogens (tertiary/aromatic N) is 3. The molecule has 7 nitrogen and oxygen atoms in total. The molecule has 0 amide bonds. The van der Waals surface area contributed by atoms with Crippen molar-refractivity contribution in [1.82, 2.24) is 4.57 Å². The maximum atomic E-state index is 11.2. The van der Waals surface area contributed by atoms with Crippen molar-refractivity contribution in [1.29, 1.82) is 0 Å². The number of nitro benzene ring substituents is 2. The summed E-state index contributed by atoms with van der Waals surface area (Å²) in [4.78, 5) is 21.6. The van der Waals surface area contributed by atoms with Crippen molar-refractivity contribution in [3.05, 3.63) is 80.9 Å². The predicted molar refractivity (Wildman–Crippen MR) is 89.6 cm³/mol. The van der Waals surface area contributed by atoms with Gasteiger partial charge in [0.1, 0.15) is 0 Å². The van der Waals surface area contributed by atoms with Crippen molar-refractivity contribution in [3.8, 4) is 22.5 Å². The third-order valence-corrected chi connectivity index (χ3v) is 3.88. The summed E-state index contributed by atoms with van der Waals surface area (Å²) in [5.41, 5.74) is 2.16. The summed E-state index contributed by atoms with van der Waals surface area (Å²) in [6.07, 6.45) is 0. The smallest absolute Gasteiger partial charge is 0.278 e. The minimum Gasteiger partial charge on any atom is -0.343 e. The second-order valence-corrected chi connectivity index (χ2v) is 5.21. The van der Waals surface area contributed by atoms with Crippen LogP contribution < -0.4 is 0 Å². The molecule has 24 heavy (non-hydrogen) atoms. The second-order valence-electron chi connectivity index (χ2n) is 5.21. The van der Waals surface area contributed by atoms with E-state index in [0.717, 1.165) is 0 Å². The van der Waals surface area contributed by atoms with E-state index in [1.807, 2.05) is 0 Å². The SMILES string of the molecule is Cn1c(-c2ccccc2[N+](=O)[O-])ccc1-c1ccccc1[N+](=O)[O-]. The van der Waals surface area contributed by atoms with E-state index in [9.17, 15) is 20.2 Å². The van der Waals surface area contributed by atoms with Crippen LogP contribution in [0.2, 0.25) is 0 Å². The Labute approximate surface area is 137 Å². The summed E-state index contributed by atoms with van der Waals surface area (Å²) in [6, 6.07) is 16.3. The van der Waals surface area contributed by atoms with E-state index in [1.54, 1.807) is 60.1 Å². The Morgan fingerprint density at radius 1 is 0.708 bits per heavy atom. The van der Waals surface area contributed by atoms with Crippen LogP contribution in [0.25, 0.3) is 22.5 Å². The van der Waals surface area contributed by atoms with Gasteiger partial charge in [-0.1, -0.05) is 24.3 Å². The highest BCUT2D eigenvalue weighted by molar-refractivity contribution is 5.78. The first-order valence-corrected chi connectivity index (χ1v) is 7.14. The van der Waals surface area contributed by atoms with E-state index in [4.69, 9.17) is 0 Å². The van der Waals surface area contributed by atoms with Gasteiger partial charge in [-0.2, -0.15) is 0 Å². The topological polar surface area (TPSA) is 91.2 Å². The predicted octanol–water partition coefficient (Wildman–Crippen LogP) is 4.18. The van der Waals surface area contributed by atoms with Crippen molar-refractivity contribution in [3.63, 3.8) is 0 Å². The van der Waals surface area contributed by atoms with E-state index in [0.29, 0.717) is 22.5 Å². The van der Waals surface area contributed by atoms with Crippen molar-refractivity contribution < 1.29 is 9.85 Å². The molecule has 3 rings (SSSR count). The Balaban J connectivity index is 2.18. The standard InChI is InChI=1S/C17H13N3O4/c1-18-14(12-6-2-4-8-16(12)19(21)22)10-11-15(18)13-7-3-5-9-17(13)20(23)24/h2-11H,1H3. The summed E-state index contributed by atoms with van der Waals surface area (Å²) in [5, 5.41) is 22.5. The molecule has 0 aliphatic carbocycles.